The van der Waals surface area contributed by atoms with Crippen LogP contribution in [0.15, 0.2) is 5.16 Å². The molecule has 1 aromatic heterocycles. The number of thioether (sulfide) groups is 1. The Kier molecular flexibility index (Phi) is 4.63. The summed E-state index contributed by atoms with van der Waals surface area (Å²) >= 11 is 1.70. The Morgan fingerprint density at radius 2 is 1.94 bits per heavy atom. The second kappa shape index (κ2) is 6.22. The van der Waals surface area contributed by atoms with E-state index in [1.54, 1.807) is 11.8 Å². The maximum Gasteiger partial charge on any atom is 0.231 e. The summed E-state index contributed by atoms with van der Waals surface area (Å²) in [5.41, 5.74) is 0. The minimum absolute atomic E-state index is 0.639. The van der Waals surface area contributed by atoms with Gasteiger partial charge in [-0.05, 0) is 18.8 Å². The molecular formula is C12H21N5S. The van der Waals surface area contributed by atoms with Gasteiger partial charge in [0, 0.05) is 25.9 Å². The molecule has 0 radical (unpaired) electrons. The number of hydrogen-bond donors (Lipinski definition) is 1. The van der Waals surface area contributed by atoms with Crippen molar-refractivity contribution in [3.63, 3.8) is 0 Å². The van der Waals surface area contributed by atoms with E-state index in [4.69, 9.17) is 0 Å². The standard InChI is InChI=1S/C12H21N5S/c1-9(2)8-18-12-15-10(13-3)14-11(16-12)17-6-4-5-7-17/h9H,4-8H2,1-3H3,(H,13,14,15,16). The molecule has 2 heterocycles. The van der Waals surface area contributed by atoms with Gasteiger partial charge in [0.25, 0.3) is 0 Å². The average Bonchev–Trinajstić information content (AvgIpc) is 2.89. The summed E-state index contributed by atoms with van der Waals surface area (Å²) in [5, 5.41) is 3.84. The molecule has 0 atom stereocenters. The summed E-state index contributed by atoms with van der Waals surface area (Å²) < 4.78 is 0. The molecule has 1 aliphatic rings. The third-order valence-corrected chi connectivity index (χ3v) is 4.04. The summed E-state index contributed by atoms with van der Waals surface area (Å²) in [6, 6.07) is 0. The van der Waals surface area contributed by atoms with Crippen molar-refractivity contribution in [3.05, 3.63) is 0 Å². The molecule has 5 nitrogen and oxygen atoms in total. The summed E-state index contributed by atoms with van der Waals surface area (Å²) in [4.78, 5) is 15.6. The van der Waals surface area contributed by atoms with E-state index in [9.17, 15) is 0 Å². The highest BCUT2D eigenvalue weighted by atomic mass is 32.2. The Morgan fingerprint density at radius 1 is 1.22 bits per heavy atom. The summed E-state index contributed by atoms with van der Waals surface area (Å²) in [6.07, 6.45) is 2.46. The van der Waals surface area contributed by atoms with Gasteiger partial charge in [0.2, 0.25) is 11.9 Å². The zero-order chi connectivity index (χ0) is 13.0. The molecule has 1 aromatic rings. The van der Waals surface area contributed by atoms with Crippen LogP contribution >= 0.6 is 11.8 Å². The summed E-state index contributed by atoms with van der Waals surface area (Å²) in [5.74, 6) is 3.16. The second-order valence-corrected chi connectivity index (χ2v) is 5.88. The van der Waals surface area contributed by atoms with Crippen LogP contribution in [0.2, 0.25) is 0 Å². The topological polar surface area (TPSA) is 53.9 Å². The van der Waals surface area contributed by atoms with Crippen molar-refractivity contribution in [1.82, 2.24) is 15.0 Å². The van der Waals surface area contributed by atoms with Crippen LogP contribution in [0.4, 0.5) is 11.9 Å². The third-order valence-electron chi connectivity index (χ3n) is 2.76. The largest absolute Gasteiger partial charge is 0.357 e. The van der Waals surface area contributed by atoms with Crippen LogP contribution in [0.3, 0.4) is 0 Å². The number of nitrogens with zero attached hydrogens (tertiary/aromatic N) is 4. The van der Waals surface area contributed by atoms with Gasteiger partial charge in [-0.15, -0.1) is 0 Å². The van der Waals surface area contributed by atoms with Crippen molar-refractivity contribution in [2.45, 2.75) is 31.8 Å². The second-order valence-electron chi connectivity index (χ2n) is 4.89. The highest BCUT2D eigenvalue weighted by Gasteiger charge is 2.17. The number of nitrogens with one attached hydrogen (secondary N) is 1. The maximum absolute atomic E-state index is 4.56. The van der Waals surface area contributed by atoms with Crippen LogP contribution in [0, 0.1) is 5.92 Å². The first-order valence-corrected chi connectivity index (χ1v) is 7.49. The Hall–Kier alpha value is -1.04. The van der Waals surface area contributed by atoms with Crippen molar-refractivity contribution in [1.29, 1.82) is 0 Å². The van der Waals surface area contributed by atoms with Gasteiger partial charge in [-0.2, -0.15) is 15.0 Å². The molecule has 0 amide bonds. The highest BCUT2D eigenvalue weighted by Crippen LogP contribution is 2.22. The predicted molar refractivity (Wildman–Crippen MR) is 76.4 cm³/mol. The monoisotopic (exact) mass is 267 g/mol. The van der Waals surface area contributed by atoms with Gasteiger partial charge in [0.1, 0.15) is 0 Å². The van der Waals surface area contributed by atoms with Crippen LogP contribution in [0.1, 0.15) is 26.7 Å². The molecule has 0 aliphatic carbocycles. The molecule has 1 aliphatic heterocycles. The van der Waals surface area contributed by atoms with Crippen LogP contribution < -0.4 is 10.2 Å². The smallest absolute Gasteiger partial charge is 0.231 e. The molecule has 18 heavy (non-hydrogen) atoms. The lowest BCUT2D eigenvalue weighted by atomic mass is 10.3. The van der Waals surface area contributed by atoms with Crippen molar-refractivity contribution in [3.8, 4) is 0 Å². The Balaban J connectivity index is 2.15. The van der Waals surface area contributed by atoms with Gasteiger partial charge in [0.05, 0.1) is 0 Å². The van der Waals surface area contributed by atoms with E-state index in [0.29, 0.717) is 11.9 Å². The first kappa shape index (κ1) is 13.4. The fourth-order valence-electron chi connectivity index (χ4n) is 1.82. The van der Waals surface area contributed by atoms with Crippen LogP contribution in [0.25, 0.3) is 0 Å². The molecular weight excluding hydrogens is 246 g/mol. The molecule has 1 fully saturated rings. The minimum atomic E-state index is 0.639. The molecule has 2 rings (SSSR count). The predicted octanol–water partition coefficient (Wildman–Crippen LogP) is 2.26. The number of aromatic nitrogens is 3. The van der Waals surface area contributed by atoms with Gasteiger partial charge < -0.3 is 10.2 Å². The summed E-state index contributed by atoms with van der Waals surface area (Å²) in [6.45, 7) is 6.52. The van der Waals surface area contributed by atoms with Crippen molar-refractivity contribution in [2.75, 3.05) is 36.1 Å². The number of anilines is 2. The molecule has 0 spiro atoms. The molecule has 0 saturated carbocycles. The van der Waals surface area contributed by atoms with E-state index in [1.165, 1.54) is 12.8 Å². The zero-order valence-electron chi connectivity index (χ0n) is 11.3. The normalized spacial score (nSPS) is 15.4. The Labute approximate surface area is 113 Å². The zero-order valence-corrected chi connectivity index (χ0v) is 12.1. The molecule has 1 N–H and O–H groups in total. The first-order chi connectivity index (χ1) is 8.69. The van der Waals surface area contributed by atoms with E-state index in [1.807, 2.05) is 7.05 Å². The van der Waals surface area contributed by atoms with Gasteiger partial charge in [-0.3, -0.25) is 0 Å². The minimum Gasteiger partial charge on any atom is -0.357 e. The fourth-order valence-corrected chi connectivity index (χ4v) is 2.60. The Bertz CT molecular complexity index is 390. The Morgan fingerprint density at radius 3 is 2.56 bits per heavy atom. The maximum atomic E-state index is 4.56. The number of rotatable bonds is 5. The lowest BCUT2D eigenvalue weighted by Gasteiger charge is -2.16. The highest BCUT2D eigenvalue weighted by molar-refractivity contribution is 7.99. The van der Waals surface area contributed by atoms with Crippen molar-refractivity contribution in [2.24, 2.45) is 5.92 Å². The molecule has 6 heteroatoms. The van der Waals surface area contributed by atoms with E-state index in [2.05, 4.69) is 39.0 Å². The number of hydrogen-bond acceptors (Lipinski definition) is 6. The van der Waals surface area contributed by atoms with Gasteiger partial charge >= 0.3 is 0 Å². The molecule has 0 unspecified atom stereocenters. The lowest BCUT2D eigenvalue weighted by Crippen LogP contribution is -2.21. The molecule has 0 aromatic carbocycles. The van der Waals surface area contributed by atoms with E-state index in [-0.39, 0.29) is 0 Å². The lowest BCUT2D eigenvalue weighted by molar-refractivity contribution is 0.746. The quantitative estimate of drug-likeness (QED) is 0.826. The first-order valence-electron chi connectivity index (χ1n) is 6.50. The van der Waals surface area contributed by atoms with Crippen molar-refractivity contribution < 1.29 is 0 Å². The molecule has 100 valence electrons. The van der Waals surface area contributed by atoms with Crippen LogP contribution in [0.5, 0.6) is 0 Å². The van der Waals surface area contributed by atoms with E-state index in [0.717, 1.165) is 29.9 Å². The van der Waals surface area contributed by atoms with Crippen LogP contribution in [-0.4, -0.2) is 40.8 Å². The van der Waals surface area contributed by atoms with E-state index >= 15 is 0 Å². The third kappa shape index (κ3) is 3.48. The summed E-state index contributed by atoms with van der Waals surface area (Å²) in [7, 11) is 1.85. The van der Waals surface area contributed by atoms with E-state index < -0.39 is 0 Å². The van der Waals surface area contributed by atoms with Crippen LogP contribution in [-0.2, 0) is 0 Å². The van der Waals surface area contributed by atoms with Gasteiger partial charge in [0.15, 0.2) is 5.16 Å². The fraction of sp³-hybridized carbons (Fsp3) is 0.750. The van der Waals surface area contributed by atoms with Gasteiger partial charge in [-0.1, -0.05) is 25.6 Å². The van der Waals surface area contributed by atoms with Gasteiger partial charge in [-0.25, -0.2) is 0 Å². The average molecular weight is 267 g/mol. The molecule has 0 bridgehead atoms. The molecule has 1 saturated heterocycles. The van der Waals surface area contributed by atoms with Crippen molar-refractivity contribution >= 4 is 23.7 Å². The SMILES string of the molecule is CNc1nc(SCC(C)C)nc(N2CCCC2)n1.